The molecule has 0 saturated heterocycles. The quantitative estimate of drug-likeness (QED) is 0.167. The van der Waals surface area contributed by atoms with Crippen LogP contribution in [0.2, 0.25) is 0 Å². The summed E-state index contributed by atoms with van der Waals surface area (Å²) in [5.41, 5.74) is 12.4. The monoisotopic (exact) mass is 711 g/mol. The minimum atomic E-state index is 0.0101. The fraction of sp³-hybridized carbons (Fsp3) is 0.0566. The smallest absolute Gasteiger partial charge is 0.160 e. The molecular weight excluding hydrogens is 679 g/mol. The number of aromatic nitrogens is 3. The van der Waals surface area contributed by atoms with Crippen LogP contribution >= 0.6 is 0 Å². The summed E-state index contributed by atoms with van der Waals surface area (Å²) in [5.74, 6) is 0.789. The third-order valence-corrected chi connectivity index (χ3v) is 12.7. The number of fused-ring (bicyclic) bond motifs is 15. The molecule has 3 heterocycles. The third kappa shape index (κ3) is 4.07. The molecule has 0 radical (unpaired) electrons. The van der Waals surface area contributed by atoms with Crippen LogP contribution in [0.4, 0.5) is 0 Å². The van der Waals surface area contributed by atoms with Gasteiger partial charge in [0.15, 0.2) is 5.82 Å². The molecule has 0 N–H and O–H groups in total. The van der Waals surface area contributed by atoms with Crippen molar-refractivity contribution in [2.24, 2.45) is 0 Å². The molecule has 0 amide bonds. The SMILES string of the molecule is c1ccc2cc3c(cc2c1)CCC(c1nc(-c2cc4ccccc4c4ccccc24)nc2ccccc12)c1c-3cc2c3ccccc3n3c4ccccc4c1c23. The molecule has 13 rings (SSSR count). The van der Waals surface area contributed by atoms with E-state index in [1.54, 1.807) is 0 Å². The first-order valence-corrected chi connectivity index (χ1v) is 19.7. The van der Waals surface area contributed by atoms with Gasteiger partial charge in [0.2, 0.25) is 0 Å². The second-order valence-corrected chi connectivity index (χ2v) is 15.6. The molecule has 0 spiro atoms. The van der Waals surface area contributed by atoms with E-state index in [0.717, 1.165) is 40.8 Å². The molecule has 1 aliphatic carbocycles. The second kappa shape index (κ2) is 11.2. The second-order valence-electron chi connectivity index (χ2n) is 15.6. The van der Waals surface area contributed by atoms with Crippen molar-refractivity contribution in [2.45, 2.75) is 18.8 Å². The maximum Gasteiger partial charge on any atom is 0.160 e. The number of hydrogen-bond donors (Lipinski definition) is 0. The molecule has 56 heavy (non-hydrogen) atoms. The van der Waals surface area contributed by atoms with Crippen LogP contribution < -0.4 is 0 Å². The zero-order valence-corrected chi connectivity index (χ0v) is 30.5. The predicted molar refractivity (Wildman–Crippen MR) is 234 cm³/mol. The standard InChI is InChI=1S/C53H33N3/c1-2-14-32-28-42-34(27-31(32)13-1)25-26-41(49-43(42)30-44-38-19-8-11-23-47(38)56-48-24-12-9-21-40(48)50(49)52(44)56)51-39-20-7-10-22-46(39)54-53(55-51)45-29-33-15-3-4-16-35(33)36-17-5-6-18-37(36)45/h1-24,27-30,41H,25-26H2. The Morgan fingerprint density at radius 1 is 0.446 bits per heavy atom. The molecular formula is C53H33N3. The lowest BCUT2D eigenvalue weighted by atomic mass is 9.83. The maximum absolute atomic E-state index is 5.76. The molecule has 0 bridgehead atoms. The Bertz CT molecular complexity index is 3610. The van der Waals surface area contributed by atoms with Crippen LogP contribution in [0.25, 0.3) is 104 Å². The summed E-state index contributed by atoms with van der Waals surface area (Å²) in [6.07, 6.45) is 1.87. The van der Waals surface area contributed by atoms with Crippen LogP contribution in [-0.2, 0) is 6.42 Å². The Hall–Kier alpha value is -7.10. The highest BCUT2D eigenvalue weighted by Crippen LogP contribution is 2.52. The Labute approximate surface area is 322 Å². The van der Waals surface area contributed by atoms with E-state index in [2.05, 4.69) is 174 Å². The van der Waals surface area contributed by atoms with Gasteiger partial charge in [0.05, 0.1) is 27.8 Å². The van der Waals surface area contributed by atoms with E-state index in [-0.39, 0.29) is 5.92 Å². The number of para-hydroxylation sites is 3. The maximum atomic E-state index is 5.76. The molecule has 9 aromatic carbocycles. The first-order chi connectivity index (χ1) is 27.8. The van der Waals surface area contributed by atoms with Crippen molar-refractivity contribution in [3.8, 4) is 22.5 Å². The van der Waals surface area contributed by atoms with E-state index >= 15 is 0 Å². The van der Waals surface area contributed by atoms with Crippen molar-refractivity contribution < 1.29 is 0 Å². The number of nitrogens with zero attached hydrogens (tertiary/aromatic N) is 3. The van der Waals surface area contributed by atoms with Crippen molar-refractivity contribution in [1.29, 1.82) is 0 Å². The van der Waals surface area contributed by atoms with Gasteiger partial charge in [-0.05, 0) is 104 Å². The molecule has 260 valence electrons. The predicted octanol–water partition coefficient (Wildman–Crippen LogP) is 13.7. The fourth-order valence-corrected chi connectivity index (χ4v) is 10.3. The van der Waals surface area contributed by atoms with Crippen LogP contribution in [0.1, 0.15) is 29.2 Å². The van der Waals surface area contributed by atoms with Gasteiger partial charge in [-0.15, -0.1) is 0 Å². The highest BCUT2D eigenvalue weighted by molar-refractivity contribution is 6.26. The van der Waals surface area contributed by atoms with Crippen molar-refractivity contribution >= 4 is 81.3 Å². The summed E-state index contributed by atoms with van der Waals surface area (Å²) in [7, 11) is 0. The number of rotatable bonds is 2. The fourth-order valence-electron chi connectivity index (χ4n) is 10.3. The minimum absolute atomic E-state index is 0.0101. The lowest BCUT2D eigenvalue weighted by molar-refractivity contribution is 0.715. The van der Waals surface area contributed by atoms with Crippen LogP contribution in [-0.4, -0.2) is 14.4 Å². The molecule has 3 heteroatoms. The topological polar surface area (TPSA) is 30.2 Å². The summed E-state index contributed by atoms with van der Waals surface area (Å²) < 4.78 is 2.52. The molecule has 1 aliphatic rings. The highest BCUT2D eigenvalue weighted by Gasteiger charge is 2.33. The van der Waals surface area contributed by atoms with Gasteiger partial charge in [0, 0.05) is 38.4 Å². The van der Waals surface area contributed by atoms with Gasteiger partial charge in [-0.3, -0.25) is 0 Å². The molecule has 12 aromatic rings. The average Bonchev–Trinajstić information content (AvgIpc) is 3.72. The molecule has 3 nitrogen and oxygen atoms in total. The van der Waals surface area contributed by atoms with Gasteiger partial charge < -0.3 is 4.40 Å². The molecule has 0 saturated carbocycles. The Morgan fingerprint density at radius 3 is 1.88 bits per heavy atom. The molecule has 0 aliphatic heterocycles. The van der Waals surface area contributed by atoms with Crippen molar-refractivity contribution in [3.05, 3.63) is 187 Å². The van der Waals surface area contributed by atoms with Gasteiger partial charge in [-0.1, -0.05) is 133 Å². The van der Waals surface area contributed by atoms with E-state index in [9.17, 15) is 0 Å². The van der Waals surface area contributed by atoms with E-state index in [1.807, 2.05) is 0 Å². The lowest BCUT2D eigenvalue weighted by Gasteiger charge is -2.22. The highest BCUT2D eigenvalue weighted by atomic mass is 14.9. The minimum Gasteiger partial charge on any atom is -0.308 e. The molecule has 0 fully saturated rings. The third-order valence-electron chi connectivity index (χ3n) is 12.7. The Balaban J connectivity index is 1.19. The Kier molecular flexibility index (Phi) is 6.06. The van der Waals surface area contributed by atoms with E-state index in [0.29, 0.717) is 0 Å². The summed E-state index contributed by atoms with van der Waals surface area (Å²) in [5, 5.41) is 13.8. The molecule has 3 aromatic heterocycles. The first kappa shape index (κ1) is 30.3. The van der Waals surface area contributed by atoms with Gasteiger partial charge in [-0.25, -0.2) is 9.97 Å². The van der Waals surface area contributed by atoms with Crippen molar-refractivity contribution in [1.82, 2.24) is 14.4 Å². The first-order valence-electron chi connectivity index (χ1n) is 19.7. The van der Waals surface area contributed by atoms with Gasteiger partial charge in [0.1, 0.15) is 0 Å². The zero-order valence-electron chi connectivity index (χ0n) is 30.5. The summed E-state index contributed by atoms with van der Waals surface area (Å²) in [4.78, 5) is 11.1. The van der Waals surface area contributed by atoms with E-state index in [1.165, 1.54) is 92.7 Å². The van der Waals surface area contributed by atoms with E-state index in [4.69, 9.17) is 9.97 Å². The molecule has 1 atom stereocenters. The van der Waals surface area contributed by atoms with Crippen molar-refractivity contribution in [2.75, 3.05) is 0 Å². The lowest BCUT2D eigenvalue weighted by Crippen LogP contribution is -2.08. The summed E-state index contributed by atoms with van der Waals surface area (Å²) >= 11 is 0. The average molecular weight is 712 g/mol. The van der Waals surface area contributed by atoms with Gasteiger partial charge in [-0.2, -0.15) is 0 Å². The zero-order chi connectivity index (χ0) is 36.5. The van der Waals surface area contributed by atoms with Gasteiger partial charge in [0.25, 0.3) is 0 Å². The number of benzene rings is 9. The normalized spacial score (nSPS) is 14.5. The molecule has 1 unspecified atom stereocenters. The summed E-state index contributed by atoms with van der Waals surface area (Å²) in [6.45, 7) is 0. The van der Waals surface area contributed by atoms with Crippen molar-refractivity contribution in [3.63, 3.8) is 0 Å². The largest absolute Gasteiger partial charge is 0.308 e. The Morgan fingerprint density at radius 2 is 1.05 bits per heavy atom. The summed E-state index contributed by atoms with van der Waals surface area (Å²) in [6, 6.07) is 62.6. The van der Waals surface area contributed by atoms with E-state index < -0.39 is 0 Å². The number of hydrogen-bond acceptors (Lipinski definition) is 2. The van der Waals surface area contributed by atoms with Crippen LogP contribution in [0.5, 0.6) is 0 Å². The van der Waals surface area contributed by atoms with Gasteiger partial charge >= 0.3 is 0 Å². The van der Waals surface area contributed by atoms with Crippen LogP contribution in [0.15, 0.2) is 170 Å². The van der Waals surface area contributed by atoms with Crippen LogP contribution in [0, 0.1) is 0 Å². The van der Waals surface area contributed by atoms with Crippen LogP contribution in [0.3, 0.4) is 0 Å². The number of aryl methyl sites for hydroxylation is 1.